The first-order valence-electron chi connectivity index (χ1n) is 5.82. The molecule has 0 atom stereocenters. The van der Waals surface area contributed by atoms with Crippen molar-refractivity contribution < 1.29 is 5.21 Å². The monoisotopic (exact) mass is 243 g/mol. The summed E-state index contributed by atoms with van der Waals surface area (Å²) in [5, 5.41) is 14.0. The van der Waals surface area contributed by atoms with E-state index < -0.39 is 0 Å². The largest absolute Gasteiger partial charge is 0.409 e. The number of hydrogen-bond acceptors (Lipinski definition) is 3. The highest BCUT2D eigenvalue weighted by Gasteiger charge is 2.05. The van der Waals surface area contributed by atoms with Crippen molar-refractivity contribution in [3.05, 3.63) is 48.0 Å². The smallest absolute Gasteiger partial charge is 0.153 e. The first kappa shape index (κ1) is 12.4. The van der Waals surface area contributed by atoms with Gasteiger partial charge in [0.1, 0.15) is 0 Å². The van der Waals surface area contributed by atoms with Gasteiger partial charge in [0.2, 0.25) is 0 Å². The molecule has 0 unspecified atom stereocenters. The molecule has 0 radical (unpaired) electrons. The molecule has 18 heavy (non-hydrogen) atoms. The summed E-state index contributed by atoms with van der Waals surface area (Å²) in [6.07, 6.45) is 0. The van der Waals surface area contributed by atoms with E-state index in [0.29, 0.717) is 6.54 Å². The molecule has 2 aromatic rings. The van der Waals surface area contributed by atoms with E-state index in [1.807, 2.05) is 24.1 Å². The second-order valence-electron chi connectivity index (χ2n) is 4.40. The van der Waals surface area contributed by atoms with Crippen molar-refractivity contribution in [3.63, 3.8) is 0 Å². The Morgan fingerprint density at radius 1 is 1.22 bits per heavy atom. The van der Waals surface area contributed by atoms with E-state index in [4.69, 9.17) is 10.9 Å². The zero-order valence-corrected chi connectivity index (χ0v) is 10.4. The molecule has 2 rings (SSSR count). The average molecular weight is 243 g/mol. The molecular weight excluding hydrogens is 226 g/mol. The molecule has 0 aliphatic carbocycles. The number of benzene rings is 2. The van der Waals surface area contributed by atoms with E-state index in [0.717, 1.165) is 6.54 Å². The molecule has 4 heteroatoms. The fourth-order valence-electron chi connectivity index (χ4n) is 2.09. The summed E-state index contributed by atoms with van der Waals surface area (Å²) in [6.45, 7) is 1.21. The predicted octanol–water partition coefficient (Wildman–Crippen LogP) is 2.02. The molecule has 0 aromatic heterocycles. The van der Waals surface area contributed by atoms with Crippen molar-refractivity contribution in [2.24, 2.45) is 10.9 Å². The summed E-state index contributed by atoms with van der Waals surface area (Å²) in [5.41, 5.74) is 6.74. The molecule has 94 valence electrons. The summed E-state index contributed by atoms with van der Waals surface area (Å²) >= 11 is 0. The van der Waals surface area contributed by atoms with Crippen LogP contribution in [0.4, 0.5) is 0 Å². The minimum atomic E-state index is 0.220. The zero-order chi connectivity index (χ0) is 13.0. The van der Waals surface area contributed by atoms with E-state index in [-0.39, 0.29) is 5.84 Å². The van der Waals surface area contributed by atoms with E-state index in [2.05, 4.69) is 35.5 Å². The maximum absolute atomic E-state index is 8.56. The van der Waals surface area contributed by atoms with Gasteiger partial charge in [0.05, 0.1) is 6.54 Å². The molecule has 0 bridgehead atoms. The summed E-state index contributed by atoms with van der Waals surface area (Å²) < 4.78 is 0. The molecule has 4 nitrogen and oxygen atoms in total. The number of amidine groups is 1. The number of fused-ring (bicyclic) bond motifs is 1. The van der Waals surface area contributed by atoms with Gasteiger partial charge in [0.25, 0.3) is 0 Å². The summed E-state index contributed by atoms with van der Waals surface area (Å²) in [7, 11) is 1.94. The standard InChI is InChI=1S/C14H17N3O/c1-17(10-14(15)16-18)9-12-7-4-6-11-5-2-3-8-13(11)12/h2-8,18H,9-10H2,1H3,(H2,15,16). The lowest BCUT2D eigenvalue weighted by Crippen LogP contribution is -2.30. The Morgan fingerprint density at radius 3 is 2.72 bits per heavy atom. The van der Waals surface area contributed by atoms with Gasteiger partial charge >= 0.3 is 0 Å². The molecule has 0 heterocycles. The van der Waals surface area contributed by atoms with Gasteiger partial charge in [0.15, 0.2) is 5.84 Å². The first-order chi connectivity index (χ1) is 8.70. The highest BCUT2D eigenvalue weighted by atomic mass is 16.4. The van der Waals surface area contributed by atoms with Crippen LogP contribution in [0.1, 0.15) is 5.56 Å². The summed E-state index contributed by atoms with van der Waals surface area (Å²) in [5.74, 6) is 0.220. The molecule has 0 spiro atoms. The number of oxime groups is 1. The van der Waals surface area contributed by atoms with Crippen molar-refractivity contribution in [1.29, 1.82) is 0 Å². The van der Waals surface area contributed by atoms with E-state index in [9.17, 15) is 0 Å². The highest BCUT2D eigenvalue weighted by Crippen LogP contribution is 2.19. The van der Waals surface area contributed by atoms with Crippen LogP contribution in [0.3, 0.4) is 0 Å². The SMILES string of the molecule is CN(CC(N)=NO)Cc1cccc2ccccc12. The van der Waals surface area contributed by atoms with Crippen molar-refractivity contribution in [2.45, 2.75) is 6.54 Å². The van der Waals surface area contributed by atoms with Crippen LogP contribution in [0.5, 0.6) is 0 Å². The molecule has 3 N–H and O–H groups in total. The maximum atomic E-state index is 8.56. The summed E-state index contributed by atoms with van der Waals surface area (Å²) in [4.78, 5) is 2.01. The van der Waals surface area contributed by atoms with Gasteiger partial charge in [-0.1, -0.05) is 47.6 Å². The molecular formula is C14H17N3O. The zero-order valence-electron chi connectivity index (χ0n) is 10.4. The summed E-state index contributed by atoms with van der Waals surface area (Å²) in [6, 6.07) is 14.5. The first-order valence-corrected chi connectivity index (χ1v) is 5.82. The van der Waals surface area contributed by atoms with Crippen molar-refractivity contribution in [1.82, 2.24) is 4.90 Å². The minimum Gasteiger partial charge on any atom is -0.409 e. The van der Waals surface area contributed by atoms with Gasteiger partial charge in [-0.25, -0.2) is 0 Å². The Hall–Kier alpha value is -2.07. The normalized spacial score (nSPS) is 12.2. The van der Waals surface area contributed by atoms with Crippen molar-refractivity contribution >= 4 is 16.6 Å². The fourth-order valence-corrected chi connectivity index (χ4v) is 2.09. The third-order valence-electron chi connectivity index (χ3n) is 2.88. The Morgan fingerprint density at radius 2 is 1.94 bits per heavy atom. The second kappa shape index (κ2) is 5.51. The quantitative estimate of drug-likeness (QED) is 0.374. The third kappa shape index (κ3) is 2.78. The number of rotatable bonds is 4. The lowest BCUT2D eigenvalue weighted by Gasteiger charge is -2.17. The van der Waals surface area contributed by atoms with Gasteiger partial charge in [-0.2, -0.15) is 0 Å². The van der Waals surface area contributed by atoms with Gasteiger partial charge < -0.3 is 10.9 Å². The van der Waals surface area contributed by atoms with Crippen molar-refractivity contribution in [3.8, 4) is 0 Å². The molecule has 0 saturated heterocycles. The minimum absolute atomic E-state index is 0.220. The fraction of sp³-hybridized carbons (Fsp3) is 0.214. The van der Waals surface area contributed by atoms with Gasteiger partial charge in [-0.3, -0.25) is 4.90 Å². The lowest BCUT2D eigenvalue weighted by molar-refractivity contribution is 0.308. The molecule has 0 aliphatic rings. The number of hydrogen-bond donors (Lipinski definition) is 2. The van der Waals surface area contributed by atoms with Crippen molar-refractivity contribution in [2.75, 3.05) is 13.6 Å². The second-order valence-corrected chi connectivity index (χ2v) is 4.40. The van der Waals surface area contributed by atoms with Gasteiger partial charge in [-0.15, -0.1) is 0 Å². The molecule has 0 saturated carbocycles. The van der Waals surface area contributed by atoms with Crippen LogP contribution in [0.2, 0.25) is 0 Å². The van der Waals surface area contributed by atoms with Crippen LogP contribution in [0, 0.1) is 0 Å². The number of nitrogens with zero attached hydrogens (tertiary/aromatic N) is 2. The van der Waals surface area contributed by atoms with Gasteiger partial charge in [-0.05, 0) is 23.4 Å². The number of likely N-dealkylation sites (N-methyl/N-ethyl adjacent to an activating group) is 1. The van der Waals surface area contributed by atoms with E-state index in [1.165, 1.54) is 16.3 Å². The van der Waals surface area contributed by atoms with E-state index >= 15 is 0 Å². The average Bonchev–Trinajstić information content (AvgIpc) is 2.39. The van der Waals surface area contributed by atoms with Crippen LogP contribution in [0.15, 0.2) is 47.6 Å². The van der Waals surface area contributed by atoms with Crippen LogP contribution >= 0.6 is 0 Å². The topological polar surface area (TPSA) is 61.8 Å². The molecule has 2 aromatic carbocycles. The Kier molecular flexibility index (Phi) is 3.79. The van der Waals surface area contributed by atoms with Crippen LogP contribution < -0.4 is 5.73 Å². The predicted molar refractivity (Wildman–Crippen MR) is 73.7 cm³/mol. The highest BCUT2D eigenvalue weighted by molar-refractivity contribution is 5.85. The van der Waals surface area contributed by atoms with Crippen LogP contribution in [0.25, 0.3) is 10.8 Å². The Labute approximate surface area is 106 Å². The van der Waals surface area contributed by atoms with E-state index in [1.54, 1.807) is 0 Å². The lowest BCUT2D eigenvalue weighted by atomic mass is 10.0. The van der Waals surface area contributed by atoms with Crippen LogP contribution in [-0.2, 0) is 6.54 Å². The molecule has 0 aliphatic heterocycles. The molecule has 0 amide bonds. The third-order valence-corrected chi connectivity index (χ3v) is 2.88. The Bertz CT molecular complexity index is 560. The van der Waals surface area contributed by atoms with Crippen LogP contribution in [-0.4, -0.2) is 29.5 Å². The van der Waals surface area contributed by atoms with Gasteiger partial charge in [0, 0.05) is 6.54 Å². The Balaban J connectivity index is 2.21. The number of nitrogens with two attached hydrogens (primary N) is 1. The molecule has 0 fully saturated rings. The maximum Gasteiger partial charge on any atom is 0.153 e.